The number of halogens is 1. The Bertz CT molecular complexity index is 1890. The molecule has 1 fully saturated rings. The van der Waals surface area contributed by atoms with Crippen molar-refractivity contribution in [1.29, 1.82) is 10.5 Å². The molecule has 4 aromatic rings. The second-order valence-electron chi connectivity index (χ2n) is 11.5. The van der Waals surface area contributed by atoms with Crippen LogP contribution in [-0.4, -0.2) is 54.4 Å². The van der Waals surface area contributed by atoms with Gasteiger partial charge >= 0.3 is 0 Å². The van der Waals surface area contributed by atoms with Crippen molar-refractivity contribution in [3.8, 4) is 40.1 Å². The number of phenolic OH excluding ortho intramolecular Hbond substituents is 1. The van der Waals surface area contributed by atoms with Gasteiger partial charge in [0.15, 0.2) is 0 Å². The number of aromatic nitrogens is 1. The molecule has 2 heterocycles. The lowest BCUT2D eigenvalue weighted by Gasteiger charge is -2.34. The number of carbonyl (C=O) groups is 1. The van der Waals surface area contributed by atoms with Crippen molar-refractivity contribution in [1.82, 2.24) is 15.8 Å². The van der Waals surface area contributed by atoms with Crippen LogP contribution in [0.25, 0.3) is 28.3 Å². The van der Waals surface area contributed by atoms with Gasteiger partial charge in [-0.2, -0.15) is 10.5 Å². The summed E-state index contributed by atoms with van der Waals surface area (Å²) < 4.78 is 14.9. The Balaban J connectivity index is 1.37. The summed E-state index contributed by atoms with van der Waals surface area (Å²) in [5, 5.41) is 42.7. The van der Waals surface area contributed by atoms with Gasteiger partial charge in [-0.25, -0.2) is 14.9 Å². The van der Waals surface area contributed by atoms with E-state index in [-0.39, 0.29) is 17.4 Å². The number of hydrogen-bond acceptors (Lipinski definition) is 9. The summed E-state index contributed by atoms with van der Waals surface area (Å²) in [6, 6.07) is 21.7. The minimum absolute atomic E-state index is 0.0569. The number of aromatic hydroxyl groups is 1. The second-order valence-corrected chi connectivity index (χ2v) is 11.5. The number of nitrogens with zero attached hydrogens (tertiary/aromatic N) is 5. The number of nitrogens with one attached hydrogen (secondary N) is 2. The van der Waals surface area contributed by atoms with Crippen LogP contribution in [0.1, 0.15) is 35.1 Å². The lowest BCUT2D eigenvalue weighted by atomic mass is 9.91. The van der Waals surface area contributed by atoms with Crippen LogP contribution >= 0.6 is 0 Å². The highest BCUT2D eigenvalue weighted by molar-refractivity contribution is 5.91. The Kier molecular flexibility index (Phi) is 10.1. The molecule has 10 nitrogen and oxygen atoms in total. The van der Waals surface area contributed by atoms with E-state index in [0.29, 0.717) is 59.0 Å². The predicted molar refractivity (Wildman–Crippen MR) is 178 cm³/mol. The maximum atomic E-state index is 14.9. The maximum absolute atomic E-state index is 14.9. The Hall–Kier alpha value is -5.75. The largest absolute Gasteiger partial charge is 0.506 e. The molecule has 1 aromatic heterocycles. The Labute approximate surface area is 272 Å². The molecule has 47 heavy (non-hydrogen) atoms. The number of phenols is 1. The van der Waals surface area contributed by atoms with Crippen molar-refractivity contribution in [3.63, 3.8) is 0 Å². The summed E-state index contributed by atoms with van der Waals surface area (Å²) in [5.74, 6) is -0.718. The summed E-state index contributed by atoms with van der Waals surface area (Å²) in [6.45, 7) is 1.96. The lowest BCUT2D eigenvalue weighted by Crippen LogP contribution is -2.42. The molecular weight excluding hydrogens is 597 g/mol. The fourth-order valence-electron chi connectivity index (χ4n) is 5.71. The average molecular weight is 632 g/mol. The number of hydrogen-bond donors (Lipinski definition) is 4. The van der Waals surface area contributed by atoms with Crippen LogP contribution in [-0.2, 0) is 11.3 Å². The predicted octanol–water partition coefficient (Wildman–Crippen LogP) is 5.35. The van der Waals surface area contributed by atoms with Gasteiger partial charge < -0.3 is 20.2 Å². The van der Waals surface area contributed by atoms with Gasteiger partial charge in [-0.05, 0) is 65.4 Å². The first-order valence-electron chi connectivity index (χ1n) is 15.1. The van der Waals surface area contributed by atoms with Gasteiger partial charge in [0.25, 0.3) is 5.91 Å². The molecule has 11 heteroatoms. The van der Waals surface area contributed by atoms with E-state index in [1.165, 1.54) is 18.2 Å². The molecule has 0 saturated carbocycles. The number of hydroxylamine groups is 1. The standard InChI is InChI=1S/C36H34FN7O3/c1-43(2)32-11-10-25(18-33(32)45)30-22-41-36(29(20-39)35(30)26-8-9-27(19-38)31(37)17-26)44-15-13-28(14-16-44)40-21-24-5-3-23(4-6-24)7-12-34(46)42-47/h3-12,17-18,22,28,40,45,47H,13-16,21H2,1-2H3,(H,42,46)/b12-7+. The monoisotopic (exact) mass is 631 g/mol. The number of amides is 1. The Morgan fingerprint density at radius 3 is 2.40 bits per heavy atom. The van der Waals surface area contributed by atoms with Crippen LogP contribution in [0.2, 0.25) is 0 Å². The lowest BCUT2D eigenvalue weighted by molar-refractivity contribution is -0.124. The van der Waals surface area contributed by atoms with E-state index < -0.39 is 11.7 Å². The van der Waals surface area contributed by atoms with Gasteiger partial charge in [0, 0.05) is 63.2 Å². The van der Waals surface area contributed by atoms with Crippen molar-refractivity contribution >= 4 is 23.5 Å². The van der Waals surface area contributed by atoms with Crippen LogP contribution in [0.3, 0.4) is 0 Å². The fourth-order valence-corrected chi connectivity index (χ4v) is 5.71. The molecular formula is C36H34FN7O3. The summed E-state index contributed by atoms with van der Waals surface area (Å²) in [5.41, 5.74) is 6.40. The van der Waals surface area contributed by atoms with Gasteiger partial charge in [-0.1, -0.05) is 36.4 Å². The second kappa shape index (κ2) is 14.6. The highest BCUT2D eigenvalue weighted by Crippen LogP contribution is 2.41. The van der Waals surface area contributed by atoms with Crippen molar-refractivity contribution in [3.05, 3.63) is 101 Å². The minimum Gasteiger partial charge on any atom is -0.506 e. The van der Waals surface area contributed by atoms with E-state index in [1.807, 2.05) is 50.5 Å². The molecule has 5 rings (SSSR count). The Morgan fingerprint density at radius 2 is 1.79 bits per heavy atom. The van der Waals surface area contributed by atoms with Crippen LogP contribution in [0.15, 0.2) is 72.9 Å². The van der Waals surface area contributed by atoms with Crippen molar-refractivity contribution in [2.45, 2.75) is 25.4 Å². The van der Waals surface area contributed by atoms with Gasteiger partial charge in [0.2, 0.25) is 0 Å². The number of benzene rings is 3. The summed E-state index contributed by atoms with van der Waals surface area (Å²) >= 11 is 0. The topological polar surface area (TPSA) is 149 Å². The maximum Gasteiger partial charge on any atom is 0.267 e. The first kappa shape index (κ1) is 32.6. The molecule has 4 N–H and O–H groups in total. The van der Waals surface area contributed by atoms with Gasteiger partial charge in [-0.15, -0.1) is 0 Å². The number of pyridine rings is 1. The first-order valence-corrected chi connectivity index (χ1v) is 15.1. The normalized spacial score (nSPS) is 13.3. The van der Waals surface area contributed by atoms with Crippen molar-refractivity contribution in [2.75, 3.05) is 37.0 Å². The van der Waals surface area contributed by atoms with Crippen LogP contribution < -0.4 is 20.6 Å². The molecule has 1 aliphatic rings. The minimum atomic E-state index is -0.684. The van der Waals surface area contributed by atoms with E-state index in [0.717, 1.165) is 24.0 Å². The average Bonchev–Trinajstić information content (AvgIpc) is 3.09. The highest BCUT2D eigenvalue weighted by Gasteiger charge is 2.26. The van der Waals surface area contributed by atoms with E-state index >= 15 is 0 Å². The van der Waals surface area contributed by atoms with E-state index in [1.54, 1.807) is 40.9 Å². The zero-order valence-electron chi connectivity index (χ0n) is 26.0. The molecule has 1 aliphatic heterocycles. The van der Waals surface area contributed by atoms with Gasteiger partial charge in [0.1, 0.15) is 35.1 Å². The number of rotatable bonds is 9. The molecule has 0 radical (unpaired) electrons. The number of anilines is 2. The quantitative estimate of drug-likeness (QED) is 0.109. The summed E-state index contributed by atoms with van der Waals surface area (Å²) in [7, 11) is 3.65. The molecule has 0 atom stereocenters. The first-order chi connectivity index (χ1) is 22.7. The molecule has 1 saturated heterocycles. The van der Waals surface area contributed by atoms with Gasteiger partial charge in [-0.3, -0.25) is 10.0 Å². The third kappa shape index (κ3) is 7.39. The summed E-state index contributed by atoms with van der Waals surface area (Å²) in [4.78, 5) is 19.8. The summed E-state index contributed by atoms with van der Waals surface area (Å²) in [6.07, 6.45) is 6.14. The third-order valence-corrected chi connectivity index (χ3v) is 8.22. The molecule has 0 bridgehead atoms. The molecule has 1 amide bonds. The number of nitriles is 2. The van der Waals surface area contributed by atoms with Crippen LogP contribution in [0, 0.1) is 28.5 Å². The molecule has 0 aliphatic carbocycles. The highest BCUT2D eigenvalue weighted by atomic mass is 19.1. The number of piperidine rings is 1. The third-order valence-electron chi connectivity index (χ3n) is 8.22. The number of carbonyl (C=O) groups excluding carboxylic acids is 1. The zero-order chi connectivity index (χ0) is 33.5. The van der Waals surface area contributed by atoms with Crippen LogP contribution in [0.5, 0.6) is 5.75 Å². The fraction of sp³-hybridized carbons (Fsp3) is 0.222. The van der Waals surface area contributed by atoms with E-state index in [4.69, 9.17) is 10.2 Å². The molecule has 0 spiro atoms. The Morgan fingerprint density at radius 1 is 1.06 bits per heavy atom. The SMILES string of the molecule is CN(C)c1ccc(-c2cnc(N3CCC(NCc4ccc(/C=C/C(=O)NO)cc4)CC3)c(C#N)c2-c2ccc(C#N)c(F)c2)cc1O. The van der Waals surface area contributed by atoms with Crippen LogP contribution in [0.4, 0.5) is 15.9 Å². The van der Waals surface area contributed by atoms with E-state index in [9.17, 15) is 24.8 Å². The van der Waals surface area contributed by atoms with Gasteiger partial charge in [0.05, 0.1) is 11.3 Å². The van der Waals surface area contributed by atoms with Crippen molar-refractivity contribution < 1.29 is 19.5 Å². The molecule has 238 valence electrons. The smallest absolute Gasteiger partial charge is 0.267 e. The zero-order valence-corrected chi connectivity index (χ0v) is 26.0. The van der Waals surface area contributed by atoms with E-state index in [2.05, 4.69) is 16.3 Å². The molecule has 3 aromatic carbocycles. The molecule has 0 unspecified atom stereocenters. The van der Waals surface area contributed by atoms with Crippen molar-refractivity contribution in [2.24, 2.45) is 0 Å².